The van der Waals surface area contributed by atoms with E-state index in [9.17, 15) is 18.8 Å². The van der Waals surface area contributed by atoms with E-state index in [-0.39, 0.29) is 23.0 Å². The van der Waals surface area contributed by atoms with Crippen molar-refractivity contribution < 1.29 is 9.18 Å². The van der Waals surface area contributed by atoms with Gasteiger partial charge in [0.25, 0.3) is 5.56 Å². The Kier molecular flexibility index (Phi) is 2.63. The highest BCUT2D eigenvalue weighted by Crippen LogP contribution is 2.12. The number of hydrogen-bond donors (Lipinski definition) is 1. The Morgan fingerprint density at radius 2 is 2.12 bits per heavy atom. The van der Waals surface area contributed by atoms with Crippen LogP contribution in [0.15, 0.2) is 21.7 Å². The second kappa shape index (κ2) is 3.97. The fourth-order valence-electron chi connectivity index (χ4n) is 1.71. The van der Waals surface area contributed by atoms with Crippen LogP contribution in [0.1, 0.15) is 17.3 Å². The van der Waals surface area contributed by atoms with Crippen molar-refractivity contribution in [3.8, 4) is 0 Å². The van der Waals surface area contributed by atoms with Crippen LogP contribution in [0.2, 0.25) is 0 Å². The molecule has 2 rings (SSSR count). The number of carbonyl (C=O) groups is 1. The molecule has 0 aliphatic heterocycles. The zero-order chi connectivity index (χ0) is 12.6. The van der Waals surface area contributed by atoms with Crippen molar-refractivity contribution in [2.24, 2.45) is 0 Å². The van der Waals surface area contributed by atoms with E-state index >= 15 is 0 Å². The highest BCUT2D eigenvalue weighted by atomic mass is 19.1. The maximum absolute atomic E-state index is 13.6. The first-order valence-corrected chi connectivity index (χ1v) is 5.00. The predicted molar refractivity (Wildman–Crippen MR) is 59.8 cm³/mol. The van der Waals surface area contributed by atoms with Crippen molar-refractivity contribution >= 4 is 17.2 Å². The van der Waals surface area contributed by atoms with Crippen LogP contribution in [-0.4, -0.2) is 15.8 Å². The van der Waals surface area contributed by atoms with Crippen LogP contribution in [0.5, 0.6) is 0 Å². The van der Waals surface area contributed by atoms with Gasteiger partial charge in [0.15, 0.2) is 0 Å². The van der Waals surface area contributed by atoms with Crippen molar-refractivity contribution in [2.45, 2.75) is 13.5 Å². The van der Waals surface area contributed by atoms with E-state index < -0.39 is 17.1 Å². The van der Waals surface area contributed by atoms with Gasteiger partial charge in [-0.1, -0.05) is 0 Å². The summed E-state index contributed by atoms with van der Waals surface area (Å²) in [6, 6.07) is 2.24. The van der Waals surface area contributed by atoms with Gasteiger partial charge in [-0.15, -0.1) is 0 Å². The highest BCUT2D eigenvalue weighted by molar-refractivity contribution is 5.86. The molecule has 1 heterocycles. The number of halogens is 1. The molecule has 0 aliphatic carbocycles. The van der Waals surface area contributed by atoms with Crippen molar-refractivity contribution in [3.63, 3.8) is 0 Å². The van der Waals surface area contributed by atoms with Gasteiger partial charge in [0, 0.05) is 12.1 Å². The van der Waals surface area contributed by atoms with Crippen molar-refractivity contribution in [1.29, 1.82) is 0 Å². The molecule has 0 fully saturated rings. The molecular formula is C11H9FN2O3. The number of H-pyrrole nitrogens is 1. The lowest BCUT2D eigenvalue weighted by molar-refractivity contribution is 0.112. The zero-order valence-corrected chi connectivity index (χ0v) is 8.99. The maximum atomic E-state index is 13.6. The van der Waals surface area contributed by atoms with E-state index in [1.54, 1.807) is 6.92 Å². The number of carbonyl (C=O) groups excluding carboxylic acids is 1. The second-order valence-electron chi connectivity index (χ2n) is 3.52. The number of aldehydes is 1. The summed E-state index contributed by atoms with van der Waals surface area (Å²) in [5, 5.41) is -0.211. The van der Waals surface area contributed by atoms with Gasteiger partial charge in [0.05, 0.1) is 10.9 Å². The molecule has 0 radical (unpaired) electrons. The number of benzene rings is 1. The normalized spacial score (nSPS) is 10.7. The molecule has 0 spiro atoms. The quantitative estimate of drug-likeness (QED) is 0.778. The third kappa shape index (κ3) is 1.67. The number of aromatic amines is 1. The molecule has 0 bridgehead atoms. The summed E-state index contributed by atoms with van der Waals surface area (Å²) in [7, 11) is 0. The number of nitrogens with zero attached hydrogens (tertiary/aromatic N) is 1. The lowest BCUT2D eigenvalue weighted by Gasteiger charge is -2.04. The summed E-state index contributed by atoms with van der Waals surface area (Å²) < 4.78 is 14.5. The standard InChI is InChI=1S/C11H9FN2O3/c1-2-14-10(16)9-7(12)3-6(5-15)4-8(9)13-11(14)17/h3-5H,2H2,1H3,(H,13,17). The molecule has 0 saturated heterocycles. The number of rotatable bonds is 2. The zero-order valence-electron chi connectivity index (χ0n) is 8.99. The van der Waals surface area contributed by atoms with Crippen LogP contribution in [-0.2, 0) is 6.54 Å². The van der Waals surface area contributed by atoms with Gasteiger partial charge >= 0.3 is 5.69 Å². The van der Waals surface area contributed by atoms with Crippen molar-refractivity contribution in [1.82, 2.24) is 9.55 Å². The Morgan fingerprint density at radius 3 is 2.71 bits per heavy atom. The van der Waals surface area contributed by atoms with Crippen molar-refractivity contribution in [2.75, 3.05) is 0 Å². The molecule has 1 N–H and O–H groups in total. The van der Waals surface area contributed by atoms with Crippen LogP contribution in [0.25, 0.3) is 10.9 Å². The van der Waals surface area contributed by atoms with Crippen LogP contribution in [0.4, 0.5) is 4.39 Å². The Bertz CT molecular complexity index is 715. The molecule has 1 aromatic heterocycles. The second-order valence-corrected chi connectivity index (χ2v) is 3.52. The number of fused-ring (bicyclic) bond motifs is 1. The van der Waals surface area contributed by atoms with Gasteiger partial charge in [0.1, 0.15) is 12.1 Å². The van der Waals surface area contributed by atoms with Gasteiger partial charge in [-0.3, -0.25) is 14.2 Å². The molecule has 0 atom stereocenters. The maximum Gasteiger partial charge on any atom is 0.328 e. The minimum atomic E-state index is -0.812. The van der Waals surface area contributed by atoms with E-state index in [2.05, 4.69) is 4.98 Å². The molecular weight excluding hydrogens is 227 g/mol. The van der Waals surface area contributed by atoms with Crippen molar-refractivity contribution in [3.05, 3.63) is 44.4 Å². The van der Waals surface area contributed by atoms with Gasteiger partial charge in [-0.25, -0.2) is 9.18 Å². The third-order valence-corrected chi connectivity index (χ3v) is 2.51. The smallest absolute Gasteiger partial charge is 0.307 e. The lowest BCUT2D eigenvalue weighted by atomic mass is 10.1. The topological polar surface area (TPSA) is 71.9 Å². The molecule has 6 heteroatoms. The average molecular weight is 236 g/mol. The Hall–Kier alpha value is -2.24. The average Bonchev–Trinajstić information content (AvgIpc) is 2.28. The van der Waals surface area contributed by atoms with E-state index in [4.69, 9.17) is 0 Å². The minimum absolute atomic E-state index is 0.0341. The number of hydrogen-bond acceptors (Lipinski definition) is 3. The molecule has 0 aliphatic rings. The summed E-state index contributed by atoms with van der Waals surface area (Å²) in [6.07, 6.45) is 0.451. The van der Waals surface area contributed by atoms with Crippen LogP contribution in [0.3, 0.4) is 0 Å². The third-order valence-electron chi connectivity index (χ3n) is 2.51. The Labute approximate surface area is 94.5 Å². The summed E-state index contributed by atoms with van der Waals surface area (Å²) in [6.45, 7) is 1.76. The largest absolute Gasteiger partial charge is 0.328 e. The van der Waals surface area contributed by atoms with Crippen LogP contribution < -0.4 is 11.2 Å². The molecule has 2 aromatic rings. The molecule has 0 amide bonds. The molecule has 0 saturated carbocycles. The van der Waals surface area contributed by atoms with Gasteiger partial charge in [-0.2, -0.15) is 0 Å². The highest BCUT2D eigenvalue weighted by Gasteiger charge is 2.11. The fraction of sp³-hybridized carbons (Fsp3) is 0.182. The predicted octanol–water partition coefficient (Wildman–Crippen LogP) is 0.661. The van der Waals surface area contributed by atoms with Gasteiger partial charge in [0.2, 0.25) is 0 Å². The molecule has 17 heavy (non-hydrogen) atoms. The SMILES string of the molecule is CCn1c(=O)[nH]c2cc(C=O)cc(F)c2c1=O. The lowest BCUT2D eigenvalue weighted by Crippen LogP contribution is -2.34. The van der Waals surface area contributed by atoms with Gasteiger partial charge < -0.3 is 4.98 Å². The summed E-state index contributed by atoms with van der Waals surface area (Å²) in [5.41, 5.74) is -1.21. The summed E-state index contributed by atoms with van der Waals surface area (Å²) in [4.78, 5) is 36.2. The van der Waals surface area contributed by atoms with Crippen LogP contribution in [0, 0.1) is 5.82 Å². The van der Waals surface area contributed by atoms with E-state index in [1.165, 1.54) is 6.07 Å². The molecule has 5 nitrogen and oxygen atoms in total. The first-order valence-electron chi connectivity index (χ1n) is 5.00. The fourth-order valence-corrected chi connectivity index (χ4v) is 1.71. The van der Waals surface area contributed by atoms with E-state index in [0.29, 0.717) is 6.29 Å². The van der Waals surface area contributed by atoms with E-state index in [1.807, 2.05) is 0 Å². The molecule has 0 unspecified atom stereocenters. The summed E-state index contributed by atoms with van der Waals surface area (Å²) in [5.74, 6) is -0.812. The first-order chi connectivity index (χ1) is 8.08. The monoisotopic (exact) mass is 236 g/mol. The molecule has 88 valence electrons. The molecule has 1 aromatic carbocycles. The summed E-state index contributed by atoms with van der Waals surface area (Å²) >= 11 is 0. The number of aromatic nitrogens is 2. The first kappa shape index (κ1) is 11.3. The Morgan fingerprint density at radius 1 is 1.41 bits per heavy atom. The van der Waals surface area contributed by atoms with Gasteiger partial charge in [-0.05, 0) is 19.1 Å². The number of nitrogens with one attached hydrogen (secondary N) is 1. The van der Waals surface area contributed by atoms with Crippen LogP contribution >= 0.6 is 0 Å². The Balaban J connectivity index is 3.02. The van der Waals surface area contributed by atoms with E-state index in [0.717, 1.165) is 10.6 Å². The minimum Gasteiger partial charge on any atom is -0.307 e.